The van der Waals surface area contributed by atoms with Gasteiger partial charge in [-0.15, -0.1) is 0 Å². The first-order valence-electron chi connectivity index (χ1n) is 4.58. The van der Waals surface area contributed by atoms with Crippen molar-refractivity contribution in [3.05, 3.63) is 23.3 Å². The van der Waals surface area contributed by atoms with Crippen LogP contribution in [0.2, 0.25) is 0 Å². The monoisotopic (exact) mass is 209 g/mol. The zero-order valence-electron chi connectivity index (χ0n) is 9.16. The lowest BCUT2D eigenvalue weighted by atomic mass is 10.0. The summed E-state index contributed by atoms with van der Waals surface area (Å²) in [6, 6.07) is 3.59. The van der Waals surface area contributed by atoms with Crippen molar-refractivity contribution in [3.63, 3.8) is 0 Å². The van der Waals surface area contributed by atoms with Crippen LogP contribution in [0.25, 0.3) is 0 Å². The van der Waals surface area contributed by atoms with Crippen molar-refractivity contribution in [1.29, 1.82) is 0 Å². The highest BCUT2D eigenvalue weighted by atomic mass is 16.5. The average Bonchev–Trinajstić information content (AvgIpc) is 2.20. The minimum atomic E-state index is -0.374. The first kappa shape index (κ1) is 11.4. The third-order valence-electron chi connectivity index (χ3n) is 2.21. The van der Waals surface area contributed by atoms with E-state index in [4.69, 9.17) is 15.2 Å². The van der Waals surface area contributed by atoms with Gasteiger partial charge in [-0.25, -0.2) is 0 Å². The molecule has 0 saturated carbocycles. The highest BCUT2D eigenvalue weighted by molar-refractivity contribution is 5.78. The van der Waals surface area contributed by atoms with Crippen molar-refractivity contribution < 1.29 is 14.3 Å². The molecule has 82 valence electrons. The predicted molar refractivity (Wildman–Crippen MR) is 57.2 cm³/mol. The second-order valence-corrected chi connectivity index (χ2v) is 3.27. The fourth-order valence-electron chi connectivity index (χ4n) is 1.45. The molecule has 0 aliphatic carbocycles. The molecular weight excluding hydrogens is 194 g/mol. The molecule has 1 aromatic carbocycles. The Kier molecular flexibility index (Phi) is 3.55. The number of benzene rings is 1. The molecule has 0 spiro atoms. The quantitative estimate of drug-likeness (QED) is 0.806. The number of carbonyl (C=O) groups is 1. The van der Waals surface area contributed by atoms with E-state index >= 15 is 0 Å². The van der Waals surface area contributed by atoms with Gasteiger partial charge >= 0.3 is 0 Å². The van der Waals surface area contributed by atoms with E-state index < -0.39 is 0 Å². The molecule has 2 N–H and O–H groups in total. The Morgan fingerprint density at radius 2 is 2.00 bits per heavy atom. The fraction of sp³-hybridized carbons (Fsp3) is 0.364. The number of methoxy groups -OCH3 is 2. The number of ether oxygens (including phenoxy) is 2. The molecule has 1 amide bonds. The van der Waals surface area contributed by atoms with Gasteiger partial charge in [-0.1, -0.05) is 0 Å². The van der Waals surface area contributed by atoms with Gasteiger partial charge in [0.1, 0.15) is 11.5 Å². The van der Waals surface area contributed by atoms with Crippen LogP contribution >= 0.6 is 0 Å². The summed E-state index contributed by atoms with van der Waals surface area (Å²) in [7, 11) is 3.14. The highest BCUT2D eigenvalue weighted by Gasteiger charge is 2.11. The lowest BCUT2D eigenvalue weighted by Gasteiger charge is -2.12. The van der Waals surface area contributed by atoms with Crippen LogP contribution in [-0.2, 0) is 11.2 Å². The van der Waals surface area contributed by atoms with E-state index in [1.54, 1.807) is 20.3 Å². The SMILES string of the molecule is COc1cc(C)c(CC(N)=O)c(OC)c1. The Balaban J connectivity index is 3.18. The second-order valence-electron chi connectivity index (χ2n) is 3.27. The molecule has 1 rings (SSSR count). The standard InChI is InChI=1S/C11H15NO3/c1-7-4-8(14-2)5-10(15-3)9(7)6-11(12)13/h4-5H,6H2,1-3H3,(H2,12,13). The summed E-state index contributed by atoms with van der Waals surface area (Å²) in [5.74, 6) is 0.963. The smallest absolute Gasteiger partial charge is 0.221 e. The molecule has 4 heteroatoms. The van der Waals surface area contributed by atoms with Crippen LogP contribution in [-0.4, -0.2) is 20.1 Å². The first-order valence-corrected chi connectivity index (χ1v) is 4.58. The van der Waals surface area contributed by atoms with Crippen molar-refractivity contribution >= 4 is 5.91 Å². The van der Waals surface area contributed by atoms with Gasteiger partial charge in [0.25, 0.3) is 0 Å². The number of nitrogens with two attached hydrogens (primary N) is 1. The topological polar surface area (TPSA) is 61.5 Å². The van der Waals surface area contributed by atoms with Gasteiger partial charge in [0.15, 0.2) is 0 Å². The summed E-state index contributed by atoms with van der Waals surface area (Å²) in [6.45, 7) is 1.89. The van der Waals surface area contributed by atoms with Crippen LogP contribution in [0.3, 0.4) is 0 Å². The van der Waals surface area contributed by atoms with E-state index in [0.29, 0.717) is 11.5 Å². The molecule has 0 fully saturated rings. The summed E-state index contributed by atoms with van der Waals surface area (Å²) in [4.78, 5) is 10.9. The van der Waals surface area contributed by atoms with Gasteiger partial charge < -0.3 is 15.2 Å². The molecule has 0 aliphatic rings. The Morgan fingerprint density at radius 1 is 1.33 bits per heavy atom. The van der Waals surface area contributed by atoms with Crippen LogP contribution < -0.4 is 15.2 Å². The van der Waals surface area contributed by atoms with Crippen molar-refractivity contribution in [2.24, 2.45) is 5.73 Å². The van der Waals surface area contributed by atoms with Crippen LogP contribution in [0.1, 0.15) is 11.1 Å². The van der Waals surface area contributed by atoms with E-state index in [-0.39, 0.29) is 12.3 Å². The fourth-order valence-corrected chi connectivity index (χ4v) is 1.45. The number of hydrogen-bond donors (Lipinski definition) is 1. The minimum Gasteiger partial charge on any atom is -0.497 e. The van der Waals surface area contributed by atoms with Gasteiger partial charge in [-0.05, 0) is 18.6 Å². The van der Waals surface area contributed by atoms with E-state index in [1.807, 2.05) is 13.0 Å². The number of hydrogen-bond acceptors (Lipinski definition) is 3. The minimum absolute atomic E-state index is 0.180. The van der Waals surface area contributed by atoms with Crippen LogP contribution in [0.4, 0.5) is 0 Å². The summed E-state index contributed by atoms with van der Waals surface area (Å²) >= 11 is 0. The highest BCUT2D eigenvalue weighted by Crippen LogP contribution is 2.28. The van der Waals surface area contributed by atoms with Crippen molar-refractivity contribution in [1.82, 2.24) is 0 Å². The number of aryl methyl sites for hydroxylation is 1. The lowest BCUT2D eigenvalue weighted by Crippen LogP contribution is -2.15. The molecule has 4 nitrogen and oxygen atoms in total. The van der Waals surface area contributed by atoms with Gasteiger partial charge in [-0.2, -0.15) is 0 Å². The van der Waals surface area contributed by atoms with Crippen molar-refractivity contribution in [2.45, 2.75) is 13.3 Å². The molecule has 0 bridgehead atoms. The van der Waals surface area contributed by atoms with Gasteiger partial charge in [0, 0.05) is 11.6 Å². The summed E-state index contributed by atoms with van der Waals surface area (Å²) in [5, 5.41) is 0. The molecule has 0 aromatic heterocycles. The Morgan fingerprint density at radius 3 is 2.47 bits per heavy atom. The Hall–Kier alpha value is -1.71. The summed E-state index contributed by atoms with van der Waals surface area (Å²) in [5.41, 5.74) is 6.91. The normalized spacial score (nSPS) is 9.80. The van der Waals surface area contributed by atoms with Crippen molar-refractivity contribution in [2.75, 3.05) is 14.2 Å². The number of carbonyl (C=O) groups excluding carboxylic acids is 1. The summed E-state index contributed by atoms with van der Waals surface area (Å²) in [6.07, 6.45) is 0.180. The predicted octanol–water partition coefficient (Wildman–Crippen LogP) is 1.04. The molecule has 0 heterocycles. The van der Waals surface area contributed by atoms with Crippen LogP contribution in [0.15, 0.2) is 12.1 Å². The maximum absolute atomic E-state index is 10.9. The van der Waals surface area contributed by atoms with E-state index in [9.17, 15) is 4.79 Å². The average molecular weight is 209 g/mol. The molecular formula is C11H15NO3. The summed E-state index contributed by atoms with van der Waals surface area (Å²) < 4.78 is 10.3. The molecule has 0 aliphatic heterocycles. The van der Waals surface area contributed by atoms with Crippen LogP contribution in [0, 0.1) is 6.92 Å². The van der Waals surface area contributed by atoms with E-state index in [2.05, 4.69) is 0 Å². The molecule has 0 unspecified atom stereocenters. The van der Waals surface area contributed by atoms with Crippen LogP contribution in [0.5, 0.6) is 11.5 Å². The number of amides is 1. The first-order chi connectivity index (χ1) is 7.08. The van der Waals surface area contributed by atoms with E-state index in [0.717, 1.165) is 11.1 Å². The molecule has 1 aromatic rings. The third-order valence-corrected chi connectivity index (χ3v) is 2.21. The second kappa shape index (κ2) is 4.68. The van der Waals surface area contributed by atoms with Gasteiger partial charge in [0.05, 0.1) is 20.6 Å². The zero-order chi connectivity index (χ0) is 11.4. The molecule has 0 saturated heterocycles. The molecule has 15 heavy (non-hydrogen) atoms. The lowest BCUT2D eigenvalue weighted by molar-refractivity contribution is -0.117. The van der Waals surface area contributed by atoms with Gasteiger partial charge in [0.2, 0.25) is 5.91 Å². The molecule has 0 radical (unpaired) electrons. The molecule has 0 atom stereocenters. The maximum atomic E-state index is 10.9. The largest absolute Gasteiger partial charge is 0.497 e. The Labute approximate surface area is 89.0 Å². The van der Waals surface area contributed by atoms with Crippen molar-refractivity contribution in [3.8, 4) is 11.5 Å². The maximum Gasteiger partial charge on any atom is 0.221 e. The number of rotatable bonds is 4. The third kappa shape index (κ3) is 2.62. The van der Waals surface area contributed by atoms with E-state index in [1.165, 1.54) is 0 Å². The number of primary amides is 1. The Bertz CT molecular complexity index is 374. The zero-order valence-corrected chi connectivity index (χ0v) is 9.16. The van der Waals surface area contributed by atoms with Gasteiger partial charge in [-0.3, -0.25) is 4.79 Å².